The fraction of sp³-hybridized carbons (Fsp3) is 0.333. The van der Waals surface area contributed by atoms with Gasteiger partial charge in [-0.15, -0.1) is 0 Å². The Morgan fingerprint density at radius 2 is 1.86 bits per heavy atom. The van der Waals surface area contributed by atoms with Crippen molar-refractivity contribution in [2.24, 2.45) is 0 Å². The summed E-state index contributed by atoms with van der Waals surface area (Å²) in [7, 11) is 0. The van der Waals surface area contributed by atoms with Crippen LogP contribution in [0.3, 0.4) is 0 Å². The van der Waals surface area contributed by atoms with Gasteiger partial charge >= 0.3 is 0 Å². The maximum Gasteiger partial charge on any atom is 0.290 e. The topological polar surface area (TPSA) is 59.8 Å². The molecule has 0 spiro atoms. The van der Waals surface area contributed by atoms with E-state index in [1.807, 2.05) is 37.3 Å². The Hall–Kier alpha value is -3.08. The summed E-state index contributed by atoms with van der Waals surface area (Å²) in [4.78, 5) is 28.4. The number of unbranched alkanes of at least 4 members (excludes halogenated alkanes) is 2. The van der Waals surface area contributed by atoms with Crippen molar-refractivity contribution in [3.63, 3.8) is 0 Å². The third-order valence-electron chi connectivity index (χ3n) is 5.36. The first-order valence-corrected chi connectivity index (χ1v) is 10.2. The van der Waals surface area contributed by atoms with Gasteiger partial charge in [0, 0.05) is 6.54 Å². The predicted octanol–water partition coefficient (Wildman–Crippen LogP) is 4.93. The molecule has 29 heavy (non-hydrogen) atoms. The second-order valence-electron chi connectivity index (χ2n) is 7.28. The highest BCUT2D eigenvalue weighted by Gasteiger charge is 2.42. The second-order valence-corrected chi connectivity index (χ2v) is 7.28. The lowest BCUT2D eigenvalue weighted by Gasteiger charge is -2.25. The number of fused-ring (bicyclic) bond motifs is 2. The van der Waals surface area contributed by atoms with Gasteiger partial charge in [0.25, 0.3) is 5.91 Å². The molecular weight excluding hydrogens is 366 g/mol. The standard InChI is InChI=1S/C24H25NO4/c1-3-5-8-14-25-21(16-10-9-11-17(15-16)28-4-2)20-22(26)18-12-6-7-13-19(18)29-23(20)24(25)27/h6-7,9-13,15,21H,3-5,8,14H2,1-2H3. The smallest absolute Gasteiger partial charge is 0.290 e. The summed E-state index contributed by atoms with van der Waals surface area (Å²) < 4.78 is 11.6. The molecular formula is C24H25NO4. The predicted molar refractivity (Wildman–Crippen MR) is 112 cm³/mol. The van der Waals surface area contributed by atoms with E-state index in [1.165, 1.54) is 0 Å². The number of hydrogen-bond acceptors (Lipinski definition) is 4. The molecule has 0 saturated carbocycles. The van der Waals surface area contributed by atoms with Gasteiger partial charge in [-0.2, -0.15) is 0 Å². The Kier molecular flexibility index (Phi) is 5.38. The van der Waals surface area contributed by atoms with Gasteiger partial charge in [0.05, 0.1) is 23.6 Å². The quantitative estimate of drug-likeness (QED) is 0.536. The van der Waals surface area contributed by atoms with Gasteiger partial charge in [-0.05, 0) is 43.2 Å². The molecule has 1 aliphatic rings. The molecule has 1 aromatic heterocycles. The summed E-state index contributed by atoms with van der Waals surface area (Å²) in [6, 6.07) is 14.3. The minimum atomic E-state index is -0.462. The molecule has 1 amide bonds. The third-order valence-corrected chi connectivity index (χ3v) is 5.36. The molecule has 0 fully saturated rings. The lowest BCUT2D eigenvalue weighted by molar-refractivity contribution is 0.0724. The van der Waals surface area contributed by atoms with Crippen LogP contribution in [0.4, 0.5) is 0 Å². The SMILES string of the molecule is CCCCCN1C(=O)c2oc3ccccc3c(=O)c2C1c1cccc(OCC)c1. The van der Waals surface area contributed by atoms with Crippen molar-refractivity contribution in [2.75, 3.05) is 13.2 Å². The van der Waals surface area contributed by atoms with E-state index < -0.39 is 6.04 Å². The monoisotopic (exact) mass is 391 g/mol. The maximum atomic E-state index is 13.4. The van der Waals surface area contributed by atoms with E-state index in [1.54, 1.807) is 23.1 Å². The first kappa shape index (κ1) is 19.2. The van der Waals surface area contributed by atoms with Crippen LogP contribution in [-0.4, -0.2) is 24.0 Å². The van der Waals surface area contributed by atoms with Gasteiger partial charge in [0.2, 0.25) is 5.76 Å². The van der Waals surface area contributed by atoms with E-state index in [0.29, 0.717) is 29.7 Å². The molecule has 1 aliphatic heterocycles. The normalized spacial score (nSPS) is 15.7. The van der Waals surface area contributed by atoms with Gasteiger partial charge in [-0.1, -0.05) is 44.0 Å². The third kappa shape index (κ3) is 3.41. The molecule has 0 saturated heterocycles. The summed E-state index contributed by atoms with van der Waals surface area (Å²) in [5, 5.41) is 0.500. The number of benzene rings is 2. The second kappa shape index (κ2) is 8.11. The van der Waals surface area contributed by atoms with Crippen LogP contribution in [0.2, 0.25) is 0 Å². The number of para-hydroxylation sites is 1. The summed E-state index contributed by atoms with van der Waals surface area (Å²) in [6.45, 7) is 5.19. The molecule has 0 N–H and O–H groups in total. The van der Waals surface area contributed by atoms with E-state index in [-0.39, 0.29) is 17.1 Å². The van der Waals surface area contributed by atoms with Crippen LogP contribution in [0, 0.1) is 0 Å². The number of amides is 1. The van der Waals surface area contributed by atoms with Gasteiger partial charge in [-0.25, -0.2) is 0 Å². The number of ether oxygens (including phenoxy) is 1. The van der Waals surface area contributed by atoms with E-state index in [2.05, 4.69) is 6.92 Å². The molecule has 2 heterocycles. The van der Waals surface area contributed by atoms with Crippen LogP contribution in [0.25, 0.3) is 11.0 Å². The van der Waals surface area contributed by atoms with Crippen LogP contribution in [0.1, 0.15) is 60.8 Å². The zero-order chi connectivity index (χ0) is 20.4. The molecule has 1 atom stereocenters. The average Bonchev–Trinajstić information content (AvgIpc) is 3.01. The Morgan fingerprint density at radius 3 is 2.66 bits per heavy atom. The number of carbonyl (C=O) groups excluding carboxylic acids is 1. The van der Waals surface area contributed by atoms with Crippen molar-refractivity contribution in [3.05, 3.63) is 75.6 Å². The maximum absolute atomic E-state index is 13.4. The highest BCUT2D eigenvalue weighted by molar-refractivity contribution is 5.99. The van der Waals surface area contributed by atoms with Gasteiger partial charge < -0.3 is 14.1 Å². The first-order chi connectivity index (χ1) is 14.2. The molecule has 3 aromatic rings. The molecule has 150 valence electrons. The summed E-state index contributed by atoms with van der Waals surface area (Å²) >= 11 is 0. The molecule has 1 unspecified atom stereocenters. The minimum Gasteiger partial charge on any atom is -0.494 e. The first-order valence-electron chi connectivity index (χ1n) is 10.2. The Bertz CT molecular complexity index is 1100. The van der Waals surface area contributed by atoms with Crippen molar-refractivity contribution in [1.29, 1.82) is 0 Å². The van der Waals surface area contributed by atoms with E-state index in [0.717, 1.165) is 30.6 Å². The minimum absolute atomic E-state index is 0.139. The number of nitrogens with zero attached hydrogens (tertiary/aromatic N) is 1. The number of carbonyl (C=O) groups is 1. The highest BCUT2D eigenvalue weighted by atomic mass is 16.5. The number of hydrogen-bond donors (Lipinski definition) is 0. The zero-order valence-corrected chi connectivity index (χ0v) is 16.8. The van der Waals surface area contributed by atoms with Crippen LogP contribution in [0.5, 0.6) is 5.75 Å². The number of rotatable bonds is 7. The molecule has 5 nitrogen and oxygen atoms in total. The molecule has 2 aromatic carbocycles. The Morgan fingerprint density at radius 1 is 1.03 bits per heavy atom. The van der Waals surface area contributed by atoms with Crippen molar-refractivity contribution in [1.82, 2.24) is 4.90 Å². The summed E-state index contributed by atoms with van der Waals surface area (Å²) in [5.74, 6) is 0.673. The van der Waals surface area contributed by atoms with E-state index in [4.69, 9.17) is 9.15 Å². The van der Waals surface area contributed by atoms with Gasteiger partial charge in [0.1, 0.15) is 11.3 Å². The zero-order valence-electron chi connectivity index (χ0n) is 16.8. The van der Waals surface area contributed by atoms with E-state index in [9.17, 15) is 9.59 Å². The van der Waals surface area contributed by atoms with Crippen LogP contribution >= 0.6 is 0 Å². The molecule has 0 bridgehead atoms. The summed E-state index contributed by atoms with van der Waals surface area (Å²) in [5.41, 5.74) is 1.60. The summed E-state index contributed by atoms with van der Waals surface area (Å²) in [6.07, 6.45) is 2.96. The molecule has 5 heteroatoms. The van der Waals surface area contributed by atoms with Gasteiger partial charge in [0.15, 0.2) is 5.43 Å². The highest BCUT2D eigenvalue weighted by Crippen LogP contribution is 2.39. The largest absolute Gasteiger partial charge is 0.494 e. The fourth-order valence-electron chi connectivity index (χ4n) is 4.02. The molecule has 4 rings (SSSR count). The lowest BCUT2D eigenvalue weighted by atomic mass is 9.98. The van der Waals surface area contributed by atoms with Crippen molar-refractivity contribution >= 4 is 16.9 Å². The van der Waals surface area contributed by atoms with Crippen molar-refractivity contribution in [2.45, 2.75) is 39.2 Å². The Labute approximate surface area is 169 Å². The lowest BCUT2D eigenvalue weighted by Crippen LogP contribution is -2.30. The van der Waals surface area contributed by atoms with Crippen LogP contribution < -0.4 is 10.2 Å². The molecule has 0 radical (unpaired) electrons. The van der Waals surface area contributed by atoms with Crippen molar-refractivity contribution < 1.29 is 13.9 Å². The van der Waals surface area contributed by atoms with Crippen LogP contribution in [0.15, 0.2) is 57.7 Å². The Balaban J connectivity index is 1.88. The van der Waals surface area contributed by atoms with Crippen LogP contribution in [-0.2, 0) is 0 Å². The van der Waals surface area contributed by atoms with E-state index >= 15 is 0 Å². The average molecular weight is 391 g/mol. The fourth-order valence-corrected chi connectivity index (χ4v) is 4.02. The molecule has 0 aliphatic carbocycles. The van der Waals surface area contributed by atoms with Crippen molar-refractivity contribution in [3.8, 4) is 5.75 Å². The van der Waals surface area contributed by atoms with Gasteiger partial charge in [-0.3, -0.25) is 9.59 Å².